The number of hydrogen-bond acceptors (Lipinski definition) is 1. The van der Waals surface area contributed by atoms with Gasteiger partial charge in [0.1, 0.15) is 0 Å². The van der Waals surface area contributed by atoms with Crippen LogP contribution in [-0.4, -0.2) is 11.2 Å². The number of aliphatic hydroxyl groups is 1. The van der Waals surface area contributed by atoms with Crippen molar-refractivity contribution in [1.29, 1.82) is 0 Å². The first-order chi connectivity index (χ1) is 7.26. The summed E-state index contributed by atoms with van der Waals surface area (Å²) < 4.78 is 0. The maximum atomic E-state index is 10.2. The minimum atomic E-state index is 0.00863. The zero-order valence-electron chi connectivity index (χ0n) is 10.2. The lowest BCUT2D eigenvalue weighted by atomic mass is 9.82. The van der Waals surface area contributed by atoms with Crippen molar-refractivity contribution in [1.82, 2.24) is 0 Å². The number of rotatable bonds is 5. The fraction of sp³-hybridized carbons (Fsp3) is 1.00. The zero-order valence-corrected chi connectivity index (χ0v) is 10.2. The average molecular weight is 210 g/mol. The Bertz CT molecular complexity index is 190. The topological polar surface area (TPSA) is 20.2 Å². The van der Waals surface area contributed by atoms with E-state index in [-0.39, 0.29) is 6.10 Å². The Labute approximate surface area is 94.3 Å². The summed E-state index contributed by atoms with van der Waals surface area (Å²) in [6, 6.07) is 0. The second kappa shape index (κ2) is 4.86. The molecule has 1 nitrogen and oxygen atoms in total. The first kappa shape index (κ1) is 11.4. The van der Waals surface area contributed by atoms with Gasteiger partial charge in [-0.05, 0) is 49.9 Å². The highest BCUT2D eigenvalue weighted by atomic mass is 16.3. The standard InChI is InChI=1S/C14H26O/c1-2-14(10-11-14)9-8-13(15)12-6-4-3-5-7-12/h12-13,15H,2-11H2,1H3. The van der Waals surface area contributed by atoms with Crippen molar-refractivity contribution in [3.63, 3.8) is 0 Å². The van der Waals surface area contributed by atoms with Crippen LogP contribution in [0.15, 0.2) is 0 Å². The van der Waals surface area contributed by atoms with Gasteiger partial charge < -0.3 is 5.11 Å². The third kappa shape index (κ3) is 2.96. The van der Waals surface area contributed by atoms with Gasteiger partial charge in [0.2, 0.25) is 0 Å². The molecule has 15 heavy (non-hydrogen) atoms. The highest BCUT2D eigenvalue weighted by molar-refractivity contribution is 4.92. The first-order valence-corrected chi connectivity index (χ1v) is 6.94. The van der Waals surface area contributed by atoms with Crippen molar-refractivity contribution in [3.8, 4) is 0 Å². The summed E-state index contributed by atoms with van der Waals surface area (Å²) in [6.07, 6.45) is 13.2. The molecule has 0 aromatic carbocycles. The molecule has 1 N–H and O–H groups in total. The fourth-order valence-electron chi connectivity index (χ4n) is 3.17. The third-order valence-electron chi connectivity index (χ3n) is 4.87. The molecule has 0 aromatic rings. The molecule has 0 amide bonds. The summed E-state index contributed by atoms with van der Waals surface area (Å²) in [6.45, 7) is 2.31. The quantitative estimate of drug-likeness (QED) is 0.729. The van der Waals surface area contributed by atoms with Crippen LogP contribution in [0.25, 0.3) is 0 Å². The molecule has 0 aliphatic heterocycles. The van der Waals surface area contributed by atoms with Crippen molar-refractivity contribution < 1.29 is 5.11 Å². The molecule has 0 radical (unpaired) electrons. The Balaban J connectivity index is 1.69. The highest BCUT2D eigenvalue weighted by Crippen LogP contribution is 2.52. The van der Waals surface area contributed by atoms with Gasteiger partial charge in [-0.15, -0.1) is 0 Å². The van der Waals surface area contributed by atoms with Crippen molar-refractivity contribution in [2.45, 2.75) is 77.2 Å². The Morgan fingerprint density at radius 3 is 2.40 bits per heavy atom. The van der Waals surface area contributed by atoms with Gasteiger partial charge in [0.15, 0.2) is 0 Å². The van der Waals surface area contributed by atoms with E-state index in [1.54, 1.807) is 0 Å². The Morgan fingerprint density at radius 2 is 1.87 bits per heavy atom. The van der Waals surface area contributed by atoms with E-state index in [9.17, 15) is 5.11 Å². The van der Waals surface area contributed by atoms with Gasteiger partial charge in [-0.3, -0.25) is 0 Å². The van der Waals surface area contributed by atoms with Gasteiger partial charge in [-0.1, -0.05) is 32.6 Å². The van der Waals surface area contributed by atoms with Crippen molar-refractivity contribution in [2.75, 3.05) is 0 Å². The van der Waals surface area contributed by atoms with Crippen LogP contribution in [-0.2, 0) is 0 Å². The lowest BCUT2D eigenvalue weighted by Gasteiger charge is -2.27. The molecule has 0 saturated heterocycles. The number of aliphatic hydroxyl groups excluding tert-OH is 1. The van der Waals surface area contributed by atoms with Gasteiger partial charge in [0.05, 0.1) is 6.10 Å². The SMILES string of the molecule is CCC1(CCC(O)C2CCCCC2)CC1. The third-order valence-corrected chi connectivity index (χ3v) is 4.87. The Kier molecular flexibility index (Phi) is 3.71. The van der Waals surface area contributed by atoms with E-state index in [0.29, 0.717) is 11.3 Å². The summed E-state index contributed by atoms with van der Waals surface area (Å²) in [7, 11) is 0. The largest absolute Gasteiger partial charge is 0.393 e. The summed E-state index contributed by atoms with van der Waals surface area (Å²) in [5, 5.41) is 10.2. The van der Waals surface area contributed by atoms with Gasteiger partial charge >= 0.3 is 0 Å². The van der Waals surface area contributed by atoms with Crippen LogP contribution < -0.4 is 0 Å². The van der Waals surface area contributed by atoms with E-state index in [1.165, 1.54) is 57.8 Å². The van der Waals surface area contributed by atoms with Gasteiger partial charge in [0, 0.05) is 0 Å². The molecule has 2 rings (SSSR count). The van der Waals surface area contributed by atoms with E-state index >= 15 is 0 Å². The fourth-order valence-corrected chi connectivity index (χ4v) is 3.17. The Hall–Kier alpha value is -0.0400. The van der Waals surface area contributed by atoms with E-state index in [4.69, 9.17) is 0 Å². The zero-order chi connectivity index (χ0) is 10.7. The monoisotopic (exact) mass is 210 g/mol. The molecule has 2 aliphatic carbocycles. The molecule has 2 aliphatic rings. The predicted octanol–water partition coefficient (Wildman–Crippen LogP) is 3.90. The van der Waals surface area contributed by atoms with E-state index in [0.717, 1.165) is 6.42 Å². The lowest BCUT2D eigenvalue weighted by Crippen LogP contribution is -2.23. The number of hydrogen-bond donors (Lipinski definition) is 1. The predicted molar refractivity (Wildman–Crippen MR) is 63.8 cm³/mol. The normalized spacial score (nSPS) is 27.6. The molecule has 2 saturated carbocycles. The molecule has 2 fully saturated rings. The van der Waals surface area contributed by atoms with Crippen molar-refractivity contribution in [3.05, 3.63) is 0 Å². The average Bonchev–Trinajstić information content (AvgIpc) is 3.08. The van der Waals surface area contributed by atoms with Crippen LogP contribution in [0.5, 0.6) is 0 Å². The maximum Gasteiger partial charge on any atom is 0.0568 e. The molecular formula is C14H26O. The second-order valence-corrected chi connectivity index (χ2v) is 5.86. The summed E-state index contributed by atoms with van der Waals surface area (Å²) in [5.41, 5.74) is 0.662. The van der Waals surface area contributed by atoms with Crippen LogP contribution in [0, 0.1) is 11.3 Å². The summed E-state index contributed by atoms with van der Waals surface area (Å²) in [5.74, 6) is 0.631. The smallest absolute Gasteiger partial charge is 0.0568 e. The molecule has 1 heteroatoms. The van der Waals surface area contributed by atoms with Crippen LogP contribution in [0.4, 0.5) is 0 Å². The van der Waals surface area contributed by atoms with Gasteiger partial charge in [-0.2, -0.15) is 0 Å². The summed E-state index contributed by atoms with van der Waals surface area (Å²) >= 11 is 0. The van der Waals surface area contributed by atoms with Crippen LogP contribution >= 0.6 is 0 Å². The molecule has 0 bridgehead atoms. The second-order valence-electron chi connectivity index (χ2n) is 5.86. The minimum Gasteiger partial charge on any atom is -0.393 e. The molecular weight excluding hydrogens is 184 g/mol. The van der Waals surface area contributed by atoms with E-state index in [2.05, 4.69) is 6.92 Å². The van der Waals surface area contributed by atoms with Crippen molar-refractivity contribution in [2.24, 2.45) is 11.3 Å². The molecule has 0 heterocycles. The van der Waals surface area contributed by atoms with Crippen molar-refractivity contribution >= 4 is 0 Å². The molecule has 0 aromatic heterocycles. The molecule has 1 unspecified atom stereocenters. The molecule has 1 atom stereocenters. The van der Waals surface area contributed by atoms with Crippen LogP contribution in [0.3, 0.4) is 0 Å². The van der Waals surface area contributed by atoms with Crippen LogP contribution in [0.2, 0.25) is 0 Å². The lowest BCUT2D eigenvalue weighted by molar-refractivity contribution is 0.0695. The first-order valence-electron chi connectivity index (χ1n) is 6.94. The highest BCUT2D eigenvalue weighted by Gasteiger charge is 2.40. The van der Waals surface area contributed by atoms with E-state index in [1.807, 2.05) is 0 Å². The molecule has 0 spiro atoms. The van der Waals surface area contributed by atoms with Gasteiger partial charge in [-0.25, -0.2) is 0 Å². The Morgan fingerprint density at radius 1 is 1.20 bits per heavy atom. The van der Waals surface area contributed by atoms with Gasteiger partial charge in [0.25, 0.3) is 0 Å². The van der Waals surface area contributed by atoms with E-state index < -0.39 is 0 Å². The van der Waals surface area contributed by atoms with Crippen LogP contribution in [0.1, 0.15) is 71.1 Å². The maximum absolute atomic E-state index is 10.2. The molecule has 88 valence electrons. The summed E-state index contributed by atoms with van der Waals surface area (Å²) in [4.78, 5) is 0. The minimum absolute atomic E-state index is 0.00863.